The van der Waals surface area contributed by atoms with Crippen molar-refractivity contribution in [3.8, 4) is 0 Å². The van der Waals surface area contributed by atoms with Gasteiger partial charge in [-0.3, -0.25) is 9.59 Å². The zero-order chi connectivity index (χ0) is 13.1. The fourth-order valence-corrected chi connectivity index (χ4v) is 1.70. The average Bonchev–Trinajstić information content (AvgIpc) is 2.34. The Morgan fingerprint density at radius 3 is 1.61 bits per heavy atom. The van der Waals surface area contributed by atoms with Gasteiger partial charge in [0.1, 0.15) is 11.4 Å². The van der Waals surface area contributed by atoms with Crippen LogP contribution in [0.2, 0.25) is 0 Å². The highest BCUT2D eigenvalue weighted by atomic mass is 16.1. The highest BCUT2D eigenvalue weighted by Crippen LogP contribution is 2.19. The number of allylic oxidation sites excluding steroid dienone is 8. The summed E-state index contributed by atoms with van der Waals surface area (Å²) in [7, 11) is 0. The number of hydrogen-bond donors (Lipinski definition) is 0. The molecule has 0 spiro atoms. The molecule has 2 rings (SSSR count). The first kappa shape index (κ1) is 12.4. The Kier molecular flexibility index (Phi) is 3.46. The van der Waals surface area contributed by atoms with Gasteiger partial charge in [-0.05, 0) is 26.0 Å². The molecule has 0 aromatic carbocycles. The van der Waals surface area contributed by atoms with Crippen LogP contribution in [0.4, 0.5) is 0 Å². The predicted octanol–water partition coefficient (Wildman–Crippen LogP) is 3.04. The summed E-state index contributed by atoms with van der Waals surface area (Å²) in [5.41, 5.74) is 2.61. The molecule has 0 aromatic heterocycles. The number of carbonyl (C=O) groups excluding carboxylic acids is 2. The van der Waals surface area contributed by atoms with Gasteiger partial charge in [0.25, 0.3) is 0 Å². The first-order valence-corrected chi connectivity index (χ1v) is 5.81. The van der Waals surface area contributed by atoms with Crippen molar-refractivity contribution in [3.05, 3.63) is 46.8 Å². The van der Waals surface area contributed by atoms with E-state index in [9.17, 15) is 9.59 Å². The third-order valence-electron chi connectivity index (χ3n) is 2.78. The molecule has 0 unspecified atom stereocenters. The number of rotatable bonds is 2. The van der Waals surface area contributed by atoms with Crippen LogP contribution in [0.3, 0.4) is 0 Å². The minimum absolute atomic E-state index is 0.0690. The van der Waals surface area contributed by atoms with Gasteiger partial charge in [-0.1, -0.05) is 23.3 Å². The summed E-state index contributed by atoms with van der Waals surface area (Å²) in [6.45, 7) is 3.81. The Hall–Kier alpha value is -2.10. The van der Waals surface area contributed by atoms with Crippen LogP contribution in [0.15, 0.2) is 57.1 Å². The molecule has 0 saturated carbocycles. The Bertz CT molecular complexity index is 510. The van der Waals surface area contributed by atoms with Gasteiger partial charge in [-0.2, -0.15) is 0 Å². The molecule has 0 radical (unpaired) electrons. The third kappa shape index (κ3) is 2.77. The van der Waals surface area contributed by atoms with Crippen LogP contribution < -0.4 is 0 Å². The molecule has 0 saturated heterocycles. The van der Waals surface area contributed by atoms with Crippen molar-refractivity contribution in [2.24, 2.45) is 10.2 Å². The molecule has 0 amide bonds. The van der Waals surface area contributed by atoms with Crippen molar-refractivity contribution in [1.82, 2.24) is 0 Å². The first-order valence-electron chi connectivity index (χ1n) is 5.81. The molecule has 2 aliphatic rings. The molecule has 18 heavy (non-hydrogen) atoms. The summed E-state index contributed by atoms with van der Waals surface area (Å²) in [5, 5.41) is 7.81. The van der Waals surface area contributed by atoms with Crippen molar-refractivity contribution >= 4 is 11.6 Å². The third-order valence-corrected chi connectivity index (χ3v) is 2.78. The molecule has 0 fully saturated rings. The zero-order valence-corrected chi connectivity index (χ0v) is 10.4. The van der Waals surface area contributed by atoms with Gasteiger partial charge in [0.05, 0.1) is 0 Å². The molecule has 0 aromatic rings. The maximum absolute atomic E-state index is 11.6. The predicted molar refractivity (Wildman–Crippen MR) is 67.8 cm³/mol. The van der Waals surface area contributed by atoms with Crippen molar-refractivity contribution in [3.63, 3.8) is 0 Å². The topological polar surface area (TPSA) is 58.9 Å². The lowest BCUT2D eigenvalue weighted by Gasteiger charge is -2.07. The summed E-state index contributed by atoms with van der Waals surface area (Å²) < 4.78 is 0. The summed E-state index contributed by atoms with van der Waals surface area (Å²) in [6.07, 6.45) is 7.77. The van der Waals surface area contributed by atoms with E-state index in [1.807, 2.05) is 26.0 Å². The number of hydrogen-bond acceptors (Lipinski definition) is 4. The largest absolute Gasteiger partial charge is 0.292 e. The van der Waals surface area contributed by atoms with Gasteiger partial charge >= 0.3 is 0 Å². The SMILES string of the molecule is CC1=CCC(=O)C(N=NC2=CC(C)=CCC2=O)=C1. The molecule has 0 N–H and O–H groups in total. The Balaban J connectivity index is 2.21. The van der Waals surface area contributed by atoms with Crippen LogP contribution in [0, 0.1) is 0 Å². The van der Waals surface area contributed by atoms with Gasteiger partial charge < -0.3 is 0 Å². The maximum atomic E-state index is 11.6. The van der Waals surface area contributed by atoms with E-state index < -0.39 is 0 Å². The van der Waals surface area contributed by atoms with Crippen LogP contribution in [0.5, 0.6) is 0 Å². The van der Waals surface area contributed by atoms with Crippen LogP contribution in [0.1, 0.15) is 26.7 Å². The van der Waals surface area contributed by atoms with Crippen molar-refractivity contribution in [2.45, 2.75) is 26.7 Å². The van der Waals surface area contributed by atoms with E-state index in [1.54, 1.807) is 12.2 Å². The quantitative estimate of drug-likeness (QED) is 0.699. The molecule has 0 atom stereocenters. The molecule has 0 aliphatic heterocycles. The van der Waals surface area contributed by atoms with Gasteiger partial charge in [0, 0.05) is 12.8 Å². The van der Waals surface area contributed by atoms with E-state index in [-0.39, 0.29) is 11.6 Å². The number of nitrogens with zero attached hydrogens (tertiary/aromatic N) is 2. The lowest BCUT2D eigenvalue weighted by molar-refractivity contribution is -0.116. The van der Waals surface area contributed by atoms with Crippen LogP contribution in [-0.4, -0.2) is 11.6 Å². The van der Waals surface area contributed by atoms with E-state index >= 15 is 0 Å². The molecule has 4 nitrogen and oxygen atoms in total. The van der Waals surface area contributed by atoms with E-state index in [4.69, 9.17) is 0 Å². The zero-order valence-electron chi connectivity index (χ0n) is 10.4. The molecular weight excluding hydrogens is 228 g/mol. The fourth-order valence-electron chi connectivity index (χ4n) is 1.70. The maximum Gasteiger partial charge on any atom is 0.186 e. The van der Waals surface area contributed by atoms with Crippen molar-refractivity contribution in [2.75, 3.05) is 0 Å². The highest BCUT2D eigenvalue weighted by Gasteiger charge is 2.15. The molecule has 92 valence electrons. The first-order chi connectivity index (χ1) is 8.56. The fraction of sp³-hybridized carbons (Fsp3) is 0.286. The molecular formula is C14H14N2O2. The summed E-state index contributed by atoms with van der Waals surface area (Å²) >= 11 is 0. The van der Waals surface area contributed by atoms with Crippen molar-refractivity contribution < 1.29 is 9.59 Å². The molecule has 2 aliphatic carbocycles. The number of carbonyl (C=O) groups is 2. The Morgan fingerprint density at radius 2 is 1.22 bits per heavy atom. The van der Waals surface area contributed by atoms with Gasteiger partial charge in [0.15, 0.2) is 11.6 Å². The van der Waals surface area contributed by atoms with E-state index in [1.165, 1.54) is 0 Å². The lowest BCUT2D eigenvalue weighted by atomic mass is 10.0. The number of azo groups is 1. The van der Waals surface area contributed by atoms with Crippen LogP contribution in [0.25, 0.3) is 0 Å². The second-order valence-electron chi connectivity index (χ2n) is 4.41. The summed E-state index contributed by atoms with van der Waals surface area (Å²) in [5.74, 6) is -0.138. The van der Waals surface area contributed by atoms with Crippen LogP contribution in [-0.2, 0) is 9.59 Å². The summed E-state index contributed by atoms with van der Waals surface area (Å²) in [4.78, 5) is 23.2. The summed E-state index contributed by atoms with van der Waals surface area (Å²) in [6, 6.07) is 0. The highest BCUT2D eigenvalue weighted by molar-refractivity contribution is 5.99. The monoisotopic (exact) mass is 242 g/mol. The van der Waals surface area contributed by atoms with Gasteiger partial charge in [-0.15, -0.1) is 10.2 Å². The lowest BCUT2D eigenvalue weighted by Crippen LogP contribution is -2.05. The van der Waals surface area contributed by atoms with Crippen molar-refractivity contribution in [1.29, 1.82) is 0 Å². The molecule has 4 heteroatoms. The minimum atomic E-state index is -0.0690. The second-order valence-corrected chi connectivity index (χ2v) is 4.41. The van der Waals surface area contributed by atoms with Crippen LogP contribution >= 0.6 is 0 Å². The Morgan fingerprint density at radius 1 is 0.833 bits per heavy atom. The Labute approximate surface area is 105 Å². The smallest absolute Gasteiger partial charge is 0.186 e. The number of Topliss-reactive ketones (excluding diaryl/α,β-unsaturated/α-hetero) is 2. The van der Waals surface area contributed by atoms with Gasteiger partial charge in [-0.25, -0.2) is 0 Å². The molecule has 0 bridgehead atoms. The minimum Gasteiger partial charge on any atom is -0.292 e. The van der Waals surface area contributed by atoms with E-state index in [0.717, 1.165) is 11.1 Å². The average molecular weight is 242 g/mol. The standard InChI is InChI=1S/C14H14N2O2/c1-9-3-5-13(17)11(7-9)15-16-12-8-10(2)4-6-14(12)18/h3-4,7-8H,5-6H2,1-2H3. The van der Waals surface area contributed by atoms with E-state index in [0.29, 0.717) is 24.2 Å². The normalized spacial score (nSPS) is 20.6. The van der Waals surface area contributed by atoms with E-state index in [2.05, 4.69) is 10.2 Å². The van der Waals surface area contributed by atoms with Gasteiger partial charge in [0.2, 0.25) is 0 Å². The second kappa shape index (κ2) is 5.04. The number of ketones is 2. The molecule has 0 heterocycles.